The highest BCUT2D eigenvalue weighted by molar-refractivity contribution is 7.90. The summed E-state index contributed by atoms with van der Waals surface area (Å²) in [5, 5.41) is 0. The third-order valence-corrected chi connectivity index (χ3v) is 12.0. The molecule has 334 valence electrons. The number of nitrogens with zero attached hydrogens (tertiary/aromatic N) is 4. The van der Waals surface area contributed by atoms with Gasteiger partial charge in [-0.25, -0.2) is 31.1 Å². The third kappa shape index (κ3) is 17.2. The van der Waals surface area contributed by atoms with E-state index in [0.29, 0.717) is 26.1 Å². The van der Waals surface area contributed by atoms with Crippen LogP contribution < -0.4 is 9.44 Å². The zero-order valence-corrected chi connectivity index (χ0v) is 37.1. The Bertz CT molecular complexity index is 2460. The van der Waals surface area contributed by atoms with Crippen LogP contribution in [0.5, 0.6) is 0 Å². The highest BCUT2D eigenvalue weighted by atomic mass is 32.2. The number of ether oxygens (including phenoxy) is 2. The Morgan fingerprint density at radius 3 is 1.50 bits per heavy atom. The number of pyridine rings is 4. The molecule has 6 aromatic rings. The summed E-state index contributed by atoms with van der Waals surface area (Å²) in [6, 6.07) is 31.0. The number of aromatic nitrogens is 4. The molecule has 0 spiro atoms. The summed E-state index contributed by atoms with van der Waals surface area (Å²) in [5.74, 6) is -0.795. The van der Waals surface area contributed by atoms with Gasteiger partial charge in [0.15, 0.2) is 0 Å². The van der Waals surface area contributed by atoms with Crippen molar-refractivity contribution in [2.45, 2.75) is 61.4 Å². The van der Waals surface area contributed by atoms with Gasteiger partial charge >= 0.3 is 11.9 Å². The van der Waals surface area contributed by atoms with Crippen molar-refractivity contribution in [3.05, 3.63) is 177 Å². The normalized spacial score (nSPS) is 14.5. The fraction of sp³-hybridized carbons (Fsp3) is 0.208. The van der Waals surface area contributed by atoms with Crippen LogP contribution in [0.15, 0.2) is 175 Å². The number of nitrogens with one attached hydrogen (secondary N) is 2. The summed E-state index contributed by atoms with van der Waals surface area (Å²) in [6.45, 7) is 9.04. The van der Waals surface area contributed by atoms with Gasteiger partial charge in [0.1, 0.15) is 16.4 Å². The molecule has 0 saturated heterocycles. The van der Waals surface area contributed by atoms with E-state index in [1.807, 2.05) is 73.1 Å². The smallest absolute Gasteiger partial charge is 0.463 e. The quantitative estimate of drug-likeness (QED) is 0.0647. The van der Waals surface area contributed by atoms with Crippen molar-refractivity contribution >= 4 is 38.1 Å². The van der Waals surface area contributed by atoms with Crippen molar-refractivity contribution in [1.82, 2.24) is 29.4 Å². The number of sulfonamides is 2. The van der Waals surface area contributed by atoms with Gasteiger partial charge in [-0.15, -0.1) is 4.79 Å². The van der Waals surface area contributed by atoms with Gasteiger partial charge in [0.25, 0.3) is 0 Å². The van der Waals surface area contributed by atoms with Crippen LogP contribution in [0.2, 0.25) is 0 Å². The molecule has 0 bridgehead atoms. The van der Waals surface area contributed by atoms with Crippen molar-refractivity contribution < 1.29 is 37.3 Å². The van der Waals surface area contributed by atoms with E-state index in [1.54, 1.807) is 32.3 Å². The molecule has 0 unspecified atom stereocenters. The molecule has 2 N–H and O–H groups in total. The number of rotatable bonds is 13. The molecule has 2 atom stereocenters. The SMILES string of the molecule is CCOC(=O)/C=C/c1cccc(-c2cccnc2)c1.O=S(=O)(N[C@@H]1CCCC[C@H]1NS(=O)(=O)c1cccnc1)c1cccnc1.[3HH].[CH+]=CC(=O)OCC.c1ccc(-c2cccnc2)cc1. The Labute approximate surface area is 377 Å². The average Bonchev–Trinajstić information content (AvgIpc) is 3.34. The van der Waals surface area contributed by atoms with Gasteiger partial charge in [-0.05, 0) is 97.5 Å². The standard InChI is InChI=1S/C16H20N4O4S2.C16H15NO2.C11H9N.C5H7O2.H2/c21-25(22,13-5-3-9-17-11-13)19-15-7-1-2-8-16(15)20-26(23,24)14-6-4-10-18-12-14;1-2-19-16(18)9-8-13-5-3-6-14(11-13)15-7-4-10-17-12-15;1-2-5-10(6-3-1)11-7-4-8-12-9-11;1-3-5(6)7-4-2;/h3-6,9-12,15-16,19-20H,1-2,7-8H2;3-12H,2H2,1H3;1-9H;1,3H,4H2,2H3;1H/q;;;+1;/b;9-8+;;;/t15-,16-;;;;/m1..../s1/i;;;;1+2. The monoisotopic (exact) mass is 907 g/mol. The second-order valence-corrected chi connectivity index (χ2v) is 17.0. The molecule has 2 aromatic carbocycles. The van der Waals surface area contributed by atoms with Crippen molar-refractivity contribution in [3.8, 4) is 22.3 Å². The van der Waals surface area contributed by atoms with Crippen molar-refractivity contribution in [2.75, 3.05) is 13.2 Å². The largest absolute Gasteiger partial charge is 0.484 e. The van der Waals surface area contributed by atoms with E-state index >= 15 is 0 Å². The maximum absolute atomic E-state index is 12.5. The molecule has 1 aliphatic carbocycles. The Morgan fingerprint density at radius 2 is 1.06 bits per heavy atom. The van der Waals surface area contributed by atoms with Crippen molar-refractivity contribution in [1.29, 1.82) is 0 Å². The van der Waals surface area contributed by atoms with E-state index in [2.05, 4.69) is 52.3 Å². The van der Waals surface area contributed by atoms with Gasteiger partial charge in [0.05, 0.1) is 13.2 Å². The predicted molar refractivity (Wildman–Crippen MR) is 248 cm³/mol. The highest BCUT2D eigenvalue weighted by Crippen LogP contribution is 2.23. The molecule has 4 heterocycles. The van der Waals surface area contributed by atoms with Crippen LogP contribution >= 0.6 is 0 Å². The van der Waals surface area contributed by atoms with E-state index in [-0.39, 0.29) is 17.2 Å². The maximum Gasteiger partial charge on any atom is 0.484 e. The molecule has 0 amide bonds. The molecule has 14 nitrogen and oxygen atoms in total. The average molecular weight is 908 g/mol. The molecule has 0 aliphatic heterocycles. The summed E-state index contributed by atoms with van der Waals surface area (Å²) in [6.07, 6.45) is 19.6. The highest BCUT2D eigenvalue weighted by Gasteiger charge is 2.33. The molecule has 7 rings (SSSR count). The third-order valence-electron chi connectivity index (χ3n) is 9.04. The first kappa shape index (κ1) is 49.8. The molecule has 64 heavy (non-hydrogen) atoms. The summed E-state index contributed by atoms with van der Waals surface area (Å²) in [7, 11) is -7.55. The van der Waals surface area contributed by atoms with Crippen LogP contribution in [0.3, 0.4) is 0 Å². The zero-order valence-electron chi connectivity index (χ0n) is 35.5. The second kappa shape index (κ2) is 26.6. The van der Waals surface area contributed by atoms with E-state index in [9.17, 15) is 26.4 Å². The van der Waals surface area contributed by atoms with Gasteiger partial charge in [0, 0.05) is 74.7 Å². The van der Waals surface area contributed by atoms with Gasteiger partial charge < -0.3 is 9.47 Å². The number of carbonyl (C=O) groups excluding carboxylic acids is 2. The lowest BCUT2D eigenvalue weighted by Crippen LogP contribution is -2.53. The minimum Gasteiger partial charge on any atom is -0.463 e. The van der Waals surface area contributed by atoms with Crippen LogP contribution in [0.1, 0.15) is 46.5 Å². The van der Waals surface area contributed by atoms with Gasteiger partial charge in [-0.2, -0.15) is 0 Å². The minimum absolute atomic E-state index is 0. The van der Waals surface area contributed by atoms with Crippen LogP contribution in [0, 0.1) is 6.58 Å². The first-order valence-corrected chi connectivity index (χ1v) is 23.3. The second-order valence-electron chi connectivity index (χ2n) is 13.6. The van der Waals surface area contributed by atoms with Crippen LogP contribution in [0.25, 0.3) is 28.3 Å². The lowest BCUT2D eigenvalue weighted by molar-refractivity contribution is -0.138. The fourth-order valence-corrected chi connectivity index (χ4v) is 8.57. The zero-order chi connectivity index (χ0) is 46.0. The Balaban J connectivity index is 0.000000251. The molecule has 16 heteroatoms. The Kier molecular flexibility index (Phi) is 20.7. The summed E-state index contributed by atoms with van der Waals surface area (Å²) in [4.78, 5) is 37.2. The first-order chi connectivity index (χ1) is 31.0. The van der Waals surface area contributed by atoms with Gasteiger partial charge in [-0.3, -0.25) is 19.9 Å². The van der Waals surface area contributed by atoms with E-state index in [1.165, 1.54) is 60.7 Å². The van der Waals surface area contributed by atoms with Crippen LogP contribution in [-0.2, 0) is 39.1 Å². The number of hydrogen-bond donors (Lipinski definition) is 2. The summed E-state index contributed by atoms with van der Waals surface area (Å²) in [5.41, 5.74) is 5.45. The minimum atomic E-state index is -3.77. The predicted octanol–water partition coefficient (Wildman–Crippen LogP) is 7.90. The van der Waals surface area contributed by atoms with Gasteiger partial charge in [0.2, 0.25) is 26.1 Å². The molecule has 1 fully saturated rings. The molecular formula is C48H53N6O8S2+. The summed E-state index contributed by atoms with van der Waals surface area (Å²) < 4.78 is 64.6. The van der Waals surface area contributed by atoms with E-state index < -0.39 is 38.1 Å². The molecule has 0 radical (unpaired) electrons. The summed E-state index contributed by atoms with van der Waals surface area (Å²) >= 11 is 0. The van der Waals surface area contributed by atoms with Gasteiger partial charge in [-0.1, -0.05) is 73.5 Å². The van der Waals surface area contributed by atoms with Crippen molar-refractivity contribution in [3.63, 3.8) is 0 Å². The topological polar surface area (TPSA) is 196 Å². The molecule has 4 aromatic heterocycles. The maximum atomic E-state index is 12.5. The number of benzene rings is 2. The lowest BCUT2D eigenvalue weighted by atomic mass is 9.92. The fourth-order valence-electron chi connectivity index (χ4n) is 6.02. The Hall–Kier alpha value is -6.81. The number of hydrogen-bond acceptors (Lipinski definition) is 12. The number of carbonyl (C=O) groups is 2. The van der Waals surface area contributed by atoms with Crippen LogP contribution in [-0.4, -0.2) is 74.0 Å². The molecule has 1 saturated carbocycles. The molecular weight excluding hydrogens is 853 g/mol. The lowest BCUT2D eigenvalue weighted by Gasteiger charge is -2.32. The van der Waals surface area contributed by atoms with E-state index in [4.69, 9.17) is 11.3 Å². The van der Waals surface area contributed by atoms with E-state index in [0.717, 1.165) is 41.2 Å². The number of esters is 2. The first-order valence-electron chi connectivity index (χ1n) is 20.3. The Morgan fingerprint density at radius 1 is 0.609 bits per heavy atom. The van der Waals surface area contributed by atoms with Crippen molar-refractivity contribution in [2.24, 2.45) is 0 Å². The van der Waals surface area contributed by atoms with Crippen LogP contribution in [0.4, 0.5) is 0 Å². The molecule has 1 aliphatic rings.